The van der Waals surface area contributed by atoms with Gasteiger partial charge in [-0.15, -0.1) is 11.8 Å². The Balaban J connectivity index is 1.21. The quantitative estimate of drug-likeness (QED) is 0.140. The number of amides is 2. The van der Waals surface area contributed by atoms with E-state index in [0.717, 1.165) is 16.0 Å². The molecule has 6 rings (SSSR count). The zero-order valence-corrected chi connectivity index (χ0v) is 24.2. The van der Waals surface area contributed by atoms with Gasteiger partial charge in [-0.25, -0.2) is 0 Å². The van der Waals surface area contributed by atoms with E-state index < -0.39 is 5.25 Å². The molecule has 1 unspecified atom stereocenters. The van der Waals surface area contributed by atoms with Gasteiger partial charge in [-0.2, -0.15) is 0 Å². The number of benzene rings is 5. The molecule has 2 amide bonds. The third-order valence-corrected chi connectivity index (χ3v) is 8.42. The molecule has 5 aromatic rings. The monoisotopic (exact) mass is 594 g/mol. The fraction of sp³-hybridized carbons (Fsp3) is 0.0270. The number of carbonyl (C=O) groups excluding carboxylic acids is 4. The van der Waals surface area contributed by atoms with E-state index in [1.54, 1.807) is 60.7 Å². The smallest absolute Gasteiger partial charge is 0.248 e. The Hall–Kier alpha value is -5.53. The van der Waals surface area contributed by atoms with Crippen LogP contribution in [0, 0.1) is 0 Å². The first-order valence-electron chi connectivity index (χ1n) is 14.0. The summed E-state index contributed by atoms with van der Waals surface area (Å²) in [4.78, 5) is 53.7. The first-order valence-corrected chi connectivity index (χ1v) is 14.8. The highest BCUT2D eigenvalue weighted by Crippen LogP contribution is 2.38. The van der Waals surface area contributed by atoms with Crippen LogP contribution in [0.25, 0.3) is 6.08 Å². The topological polar surface area (TPSA) is 92.3 Å². The van der Waals surface area contributed by atoms with Gasteiger partial charge in [0.05, 0.1) is 11.3 Å². The van der Waals surface area contributed by atoms with Gasteiger partial charge < -0.3 is 10.6 Å². The van der Waals surface area contributed by atoms with Gasteiger partial charge in [0.25, 0.3) is 0 Å². The maximum absolute atomic E-state index is 13.8. The molecule has 44 heavy (non-hydrogen) atoms. The molecule has 0 bridgehead atoms. The minimum Gasteiger partial charge on any atom is -0.324 e. The minimum atomic E-state index is -0.664. The number of hydrogen-bond donors (Lipinski definition) is 2. The Morgan fingerprint density at radius 1 is 0.614 bits per heavy atom. The number of hydrogen-bond acceptors (Lipinski definition) is 5. The Labute approximate surface area is 258 Å². The van der Waals surface area contributed by atoms with Gasteiger partial charge in [0.2, 0.25) is 11.8 Å². The van der Waals surface area contributed by atoms with Crippen molar-refractivity contribution in [3.05, 3.63) is 167 Å². The first-order chi connectivity index (χ1) is 21.5. The summed E-state index contributed by atoms with van der Waals surface area (Å²) >= 11 is 1.34. The Bertz CT molecular complexity index is 1900. The highest BCUT2D eigenvalue weighted by molar-refractivity contribution is 8.00. The van der Waals surface area contributed by atoms with E-state index in [-0.39, 0.29) is 34.5 Å². The maximum Gasteiger partial charge on any atom is 0.248 e. The molecule has 0 aromatic heterocycles. The highest BCUT2D eigenvalue weighted by atomic mass is 32.2. The molecule has 1 aliphatic carbocycles. The summed E-state index contributed by atoms with van der Waals surface area (Å²) in [5.41, 5.74) is 3.77. The van der Waals surface area contributed by atoms with Gasteiger partial charge in [-0.05, 0) is 47.5 Å². The zero-order valence-electron chi connectivity index (χ0n) is 23.4. The van der Waals surface area contributed by atoms with Crippen LogP contribution in [-0.4, -0.2) is 23.4 Å². The molecule has 0 heterocycles. The molecule has 214 valence electrons. The van der Waals surface area contributed by atoms with E-state index in [4.69, 9.17) is 0 Å². The number of ketones is 2. The predicted octanol–water partition coefficient (Wildman–Crippen LogP) is 7.59. The van der Waals surface area contributed by atoms with Crippen LogP contribution in [0.1, 0.15) is 48.2 Å². The summed E-state index contributed by atoms with van der Waals surface area (Å²) in [5.74, 6) is -1.14. The largest absolute Gasteiger partial charge is 0.324 e. The standard InChI is InChI=1S/C37H26N2O4S/c40-32(23-18-24-10-3-1-4-11-24)38-26-19-21-27(22-20-26)44-36(25-12-5-2-6-13-25)37(43)39-31-17-9-16-30-33(31)35(42)29-15-8-7-14-28(29)34(30)41/h1-23,36H,(H,38,40)(H,39,43)/b23-18+. The summed E-state index contributed by atoms with van der Waals surface area (Å²) in [5, 5.41) is 5.12. The average Bonchev–Trinajstić information content (AvgIpc) is 3.06. The average molecular weight is 595 g/mol. The molecule has 0 fully saturated rings. The van der Waals surface area contributed by atoms with Gasteiger partial charge in [0.1, 0.15) is 5.25 Å². The zero-order chi connectivity index (χ0) is 30.5. The number of nitrogens with one attached hydrogen (secondary N) is 2. The lowest BCUT2D eigenvalue weighted by atomic mass is 9.83. The molecule has 1 aliphatic rings. The summed E-state index contributed by atoms with van der Waals surface area (Å²) in [6.45, 7) is 0. The second-order valence-corrected chi connectivity index (χ2v) is 11.3. The number of rotatable bonds is 8. The SMILES string of the molecule is O=C(/C=C/c1ccccc1)Nc1ccc(SC(C(=O)Nc2cccc3c2C(=O)c2ccccc2C3=O)c2ccccc2)cc1. The fourth-order valence-corrected chi connectivity index (χ4v) is 6.05. The Morgan fingerprint density at radius 2 is 1.23 bits per heavy atom. The van der Waals surface area contributed by atoms with Crippen LogP contribution in [0.4, 0.5) is 11.4 Å². The molecule has 0 saturated heterocycles. The Kier molecular flexibility index (Phi) is 8.30. The van der Waals surface area contributed by atoms with Crippen LogP contribution in [0.15, 0.2) is 138 Å². The van der Waals surface area contributed by atoms with Gasteiger partial charge in [0.15, 0.2) is 11.6 Å². The van der Waals surface area contributed by atoms with Crippen LogP contribution in [0.3, 0.4) is 0 Å². The molecule has 1 atom stereocenters. The molecule has 7 heteroatoms. The van der Waals surface area contributed by atoms with Crippen LogP contribution < -0.4 is 10.6 Å². The molecule has 0 spiro atoms. The number of thioether (sulfide) groups is 1. The maximum atomic E-state index is 13.8. The van der Waals surface area contributed by atoms with E-state index in [2.05, 4.69) is 10.6 Å². The van der Waals surface area contributed by atoms with E-state index in [0.29, 0.717) is 22.5 Å². The highest BCUT2D eigenvalue weighted by Gasteiger charge is 2.32. The number of fused-ring (bicyclic) bond motifs is 2. The van der Waals surface area contributed by atoms with Crippen molar-refractivity contribution in [1.82, 2.24) is 0 Å². The van der Waals surface area contributed by atoms with Crippen molar-refractivity contribution in [2.24, 2.45) is 0 Å². The van der Waals surface area contributed by atoms with Gasteiger partial charge >= 0.3 is 0 Å². The number of anilines is 2. The van der Waals surface area contributed by atoms with Crippen LogP contribution in [0.5, 0.6) is 0 Å². The molecular formula is C37H26N2O4S. The minimum absolute atomic E-state index is 0.197. The van der Waals surface area contributed by atoms with Crippen LogP contribution in [-0.2, 0) is 9.59 Å². The van der Waals surface area contributed by atoms with E-state index in [1.807, 2.05) is 72.8 Å². The van der Waals surface area contributed by atoms with Crippen molar-refractivity contribution in [2.45, 2.75) is 10.1 Å². The van der Waals surface area contributed by atoms with Gasteiger partial charge in [-0.3, -0.25) is 19.2 Å². The molecule has 5 aromatic carbocycles. The van der Waals surface area contributed by atoms with Crippen molar-refractivity contribution >= 4 is 52.6 Å². The third-order valence-electron chi connectivity index (χ3n) is 7.15. The second kappa shape index (κ2) is 12.8. The van der Waals surface area contributed by atoms with Crippen molar-refractivity contribution in [2.75, 3.05) is 10.6 Å². The summed E-state index contributed by atoms with van der Waals surface area (Å²) in [7, 11) is 0. The number of carbonyl (C=O) groups is 4. The van der Waals surface area contributed by atoms with Crippen LogP contribution in [0.2, 0.25) is 0 Å². The molecule has 0 radical (unpaired) electrons. The lowest BCUT2D eigenvalue weighted by molar-refractivity contribution is -0.116. The lowest BCUT2D eigenvalue weighted by Crippen LogP contribution is -2.25. The third kappa shape index (κ3) is 6.14. The molecule has 6 nitrogen and oxygen atoms in total. The molecule has 0 saturated carbocycles. The molecule has 0 aliphatic heterocycles. The second-order valence-electron chi connectivity index (χ2n) is 10.1. The van der Waals surface area contributed by atoms with Crippen molar-refractivity contribution in [3.8, 4) is 0 Å². The van der Waals surface area contributed by atoms with Crippen molar-refractivity contribution < 1.29 is 19.2 Å². The summed E-state index contributed by atoms with van der Waals surface area (Å²) in [6, 6.07) is 37.8. The Morgan fingerprint density at radius 3 is 1.93 bits per heavy atom. The fourth-order valence-electron chi connectivity index (χ4n) is 5.02. The first kappa shape index (κ1) is 28.6. The molecule has 2 N–H and O–H groups in total. The van der Waals surface area contributed by atoms with Crippen molar-refractivity contribution in [1.29, 1.82) is 0 Å². The normalized spacial score (nSPS) is 12.7. The summed E-state index contributed by atoms with van der Waals surface area (Å²) < 4.78 is 0. The van der Waals surface area contributed by atoms with Crippen molar-refractivity contribution in [3.63, 3.8) is 0 Å². The predicted molar refractivity (Wildman–Crippen MR) is 174 cm³/mol. The van der Waals surface area contributed by atoms with E-state index >= 15 is 0 Å². The van der Waals surface area contributed by atoms with Crippen LogP contribution >= 0.6 is 11.8 Å². The van der Waals surface area contributed by atoms with Gasteiger partial charge in [-0.1, -0.05) is 97.1 Å². The van der Waals surface area contributed by atoms with E-state index in [9.17, 15) is 19.2 Å². The lowest BCUT2D eigenvalue weighted by Gasteiger charge is -2.22. The van der Waals surface area contributed by atoms with E-state index in [1.165, 1.54) is 17.8 Å². The van der Waals surface area contributed by atoms with Gasteiger partial charge in [0, 0.05) is 33.3 Å². The molecular weight excluding hydrogens is 568 g/mol. The summed E-state index contributed by atoms with van der Waals surface area (Å²) in [6.07, 6.45) is 3.22.